The number of H-pyrrole nitrogens is 1. The topological polar surface area (TPSA) is 130 Å². The van der Waals surface area contributed by atoms with E-state index in [0.29, 0.717) is 5.65 Å². The first kappa shape index (κ1) is 12.1. The van der Waals surface area contributed by atoms with E-state index in [-0.39, 0.29) is 48.1 Å². The zero-order chi connectivity index (χ0) is 13.6. The zero-order valence-electron chi connectivity index (χ0n) is 10.2. The summed E-state index contributed by atoms with van der Waals surface area (Å²) in [5.41, 5.74) is 5.81. The van der Waals surface area contributed by atoms with Gasteiger partial charge in [-0.2, -0.15) is 4.98 Å². The number of hydrogen-bond acceptors (Lipinski definition) is 6. The highest BCUT2D eigenvalue weighted by atomic mass is 16.3. The number of aliphatic hydroxyl groups excluding tert-OH is 2. The van der Waals surface area contributed by atoms with Gasteiger partial charge in [0.15, 0.2) is 11.2 Å². The highest BCUT2D eigenvalue weighted by Crippen LogP contribution is 2.44. The minimum Gasteiger partial charge on any atom is -0.396 e. The maximum absolute atomic E-state index is 11.7. The second kappa shape index (κ2) is 4.32. The summed E-state index contributed by atoms with van der Waals surface area (Å²) in [6.07, 6.45) is 2.26. The van der Waals surface area contributed by atoms with E-state index in [9.17, 15) is 15.0 Å². The molecule has 1 aliphatic rings. The highest BCUT2D eigenvalue weighted by molar-refractivity contribution is 5.70. The fourth-order valence-corrected chi connectivity index (χ4v) is 2.76. The van der Waals surface area contributed by atoms with E-state index in [0.717, 1.165) is 6.42 Å². The van der Waals surface area contributed by atoms with Gasteiger partial charge < -0.3 is 20.5 Å². The fourth-order valence-electron chi connectivity index (χ4n) is 2.76. The van der Waals surface area contributed by atoms with Gasteiger partial charge in [0.25, 0.3) is 5.56 Å². The number of aromatic nitrogens is 4. The molecule has 102 valence electrons. The number of aromatic amines is 1. The minimum atomic E-state index is -0.375. The van der Waals surface area contributed by atoms with Gasteiger partial charge >= 0.3 is 0 Å². The highest BCUT2D eigenvalue weighted by Gasteiger charge is 2.41. The Bertz CT molecular complexity index is 664. The molecule has 3 atom stereocenters. The number of anilines is 1. The quantitative estimate of drug-likeness (QED) is 0.555. The van der Waals surface area contributed by atoms with Crippen molar-refractivity contribution in [2.45, 2.75) is 12.5 Å². The van der Waals surface area contributed by atoms with Gasteiger partial charge in [-0.05, 0) is 12.3 Å². The summed E-state index contributed by atoms with van der Waals surface area (Å²) in [5, 5.41) is 18.6. The smallest absolute Gasteiger partial charge is 0.280 e. The van der Waals surface area contributed by atoms with Crippen LogP contribution in [0.3, 0.4) is 0 Å². The molecule has 0 saturated heterocycles. The Hall–Kier alpha value is -1.93. The normalized spacial score (nSPS) is 26.5. The summed E-state index contributed by atoms with van der Waals surface area (Å²) in [6.45, 7) is 0.0265. The molecule has 2 aromatic heterocycles. The van der Waals surface area contributed by atoms with Crippen molar-refractivity contribution < 1.29 is 10.2 Å². The van der Waals surface area contributed by atoms with E-state index in [2.05, 4.69) is 15.0 Å². The van der Waals surface area contributed by atoms with Crippen LogP contribution >= 0.6 is 0 Å². The van der Waals surface area contributed by atoms with Crippen molar-refractivity contribution in [2.24, 2.45) is 11.8 Å². The van der Waals surface area contributed by atoms with Crippen molar-refractivity contribution >= 4 is 17.1 Å². The Labute approximate surface area is 107 Å². The first-order chi connectivity index (χ1) is 9.15. The molecule has 0 aromatic carbocycles. The van der Waals surface area contributed by atoms with Crippen LogP contribution in [0.2, 0.25) is 0 Å². The Morgan fingerprint density at radius 3 is 2.95 bits per heavy atom. The minimum absolute atomic E-state index is 0.0131. The van der Waals surface area contributed by atoms with E-state index in [1.54, 1.807) is 4.57 Å². The molecule has 0 amide bonds. The second-order valence-corrected chi connectivity index (χ2v) is 4.87. The average Bonchev–Trinajstić information content (AvgIpc) is 2.73. The number of imidazole rings is 1. The summed E-state index contributed by atoms with van der Waals surface area (Å²) >= 11 is 0. The van der Waals surface area contributed by atoms with E-state index >= 15 is 0 Å². The standard InChI is InChI=1S/C11H15N5O3/c12-11-14-9-8(10(19)15-11)13-4-16(9)7-1-5(2-17)6(7)3-18/h4-7,17-18H,1-3H2,(H3,12,14,15,19)/t5-,6+,7-/m0/s1. The summed E-state index contributed by atoms with van der Waals surface area (Å²) in [4.78, 5) is 22.2. The maximum atomic E-state index is 11.7. The Balaban J connectivity index is 2.05. The molecule has 0 spiro atoms. The van der Waals surface area contributed by atoms with Crippen molar-refractivity contribution in [1.82, 2.24) is 19.5 Å². The van der Waals surface area contributed by atoms with Crippen molar-refractivity contribution in [3.05, 3.63) is 16.7 Å². The molecular formula is C11H15N5O3. The fraction of sp³-hybridized carbons (Fsp3) is 0.545. The molecule has 0 aliphatic heterocycles. The number of hydrogen-bond donors (Lipinski definition) is 4. The van der Waals surface area contributed by atoms with Crippen molar-refractivity contribution in [1.29, 1.82) is 0 Å². The lowest BCUT2D eigenvalue weighted by molar-refractivity contribution is -0.00528. The molecular weight excluding hydrogens is 250 g/mol. The Morgan fingerprint density at radius 1 is 1.47 bits per heavy atom. The van der Waals surface area contributed by atoms with Gasteiger partial charge in [0.05, 0.1) is 6.33 Å². The monoisotopic (exact) mass is 265 g/mol. The van der Waals surface area contributed by atoms with Gasteiger partial charge in [0.2, 0.25) is 5.95 Å². The van der Waals surface area contributed by atoms with Gasteiger partial charge in [-0.1, -0.05) is 0 Å². The van der Waals surface area contributed by atoms with E-state index in [4.69, 9.17) is 5.73 Å². The third-order valence-corrected chi connectivity index (χ3v) is 3.90. The molecule has 3 rings (SSSR count). The van der Waals surface area contributed by atoms with Gasteiger partial charge in [-0.25, -0.2) is 4.98 Å². The van der Waals surface area contributed by atoms with Crippen molar-refractivity contribution in [3.63, 3.8) is 0 Å². The van der Waals surface area contributed by atoms with E-state index in [1.807, 2.05) is 0 Å². The van der Waals surface area contributed by atoms with Crippen LogP contribution in [-0.2, 0) is 0 Å². The third-order valence-electron chi connectivity index (χ3n) is 3.90. The number of nitrogens with two attached hydrogens (primary N) is 1. The van der Waals surface area contributed by atoms with Crippen LogP contribution in [-0.4, -0.2) is 42.9 Å². The summed E-state index contributed by atoms with van der Waals surface area (Å²) in [6, 6.07) is -0.0131. The molecule has 0 bridgehead atoms. The molecule has 1 fully saturated rings. The molecule has 5 N–H and O–H groups in total. The number of nitrogens with zero attached hydrogens (tertiary/aromatic N) is 3. The third kappa shape index (κ3) is 1.71. The van der Waals surface area contributed by atoms with Gasteiger partial charge in [0, 0.05) is 25.2 Å². The van der Waals surface area contributed by atoms with E-state index < -0.39 is 0 Å². The first-order valence-corrected chi connectivity index (χ1v) is 6.09. The first-order valence-electron chi connectivity index (χ1n) is 6.09. The summed E-state index contributed by atoms with van der Waals surface area (Å²) in [5.74, 6) is 0.0642. The molecule has 19 heavy (non-hydrogen) atoms. The SMILES string of the molecule is Nc1nc2c(ncn2[C@H]2C[C@@H](CO)[C@H]2CO)c(=O)[nH]1. The number of aliphatic hydroxyl groups is 2. The molecule has 0 unspecified atom stereocenters. The lowest BCUT2D eigenvalue weighted by atomic mass is 9.70. The average molecular weight is 265 g/mol. The maximum Gasteiger partial charge on any atom is 0.280 e. The number of rotatable bonds is 3. The molecule has 2 aromatic rings. The van der Waals surface area contributed by atoms with Gasteiger partial charge in [-0.15, -0.1) is 0 Å². The molecule has 1 aliphatic carbocycles. The number of nitrogens with one attached hydrogen (secondary N) is 1. The molecule has 2 heterocycles. The predicted molar refractivity (Wildman–Crippen MR) is 67.4 cm³/mol. The van der Waals surface area contributed by atoms with Crippen LogP contribution in [0.5, 0.6) is 0 Å². The molecule has 0 radical (unpaired) electrons. The van der Waals surface area contributed by atoms with Crippen molar-refractivity contribution in [3.8, 4) is 0 Å². The van der Waals surface area contributed by atoms with Crippen LogP contribution in [0.4, 0.5) is 5.95 Å². The number of nitrogen functional groups attached to an aromatic ring is 1. The van der Waals surface area contributed by atoms with Crippen LogP contribution in [0.15, 0.2) is 11.1 Å². The second-order valence-electron chi connectivity index (χ2n) is 4.87. The Morgan fingerprint density at radius 2 is 2.26 bits per heavy atom. The largest absolute Gasteiger partial charge is 0.396 e. The zero-order valence-corrected chi connectivity index (χ0v) is 10.2. The lowest BCUT2D eigenvalue weighted by Gasteiger charge is -2.43. The summed E-state index contributed by atoms with van der Waals surface area (Å²) in [7, 11) is 0. The van der Waals surface area contributed by atoms with Gasteiger partial charge in [0.1, 0.15) is 0 Å². The number of fused-ring (bicyclic) bond motifs is 1. The lowest BCUT2D eigenvalue weighted by Crippen LogP contribution is -2.42. The van der Waals surface area contributed by atoms with Crippen LogP contribution in [0.1, 0.15) is 12.5 Å². The van der Waals surface area contributed by atoms with Crippen molar-refractivity contribution in [2.75, 3.05) is 18.9 Å². The summed E-state index contributed by atoms with van der Waals surface area (Å²) < 4.78 is 1.76. The van der Waals surface area contributed by atoms with Crippen LogP contribution < -0.4 is 11.3 Å². The molecule has 1 saturated carbocycles. The van der Waals surface area contributed by atoms with Gasteiger partial charge in [-0.3, -0.25) is 9.78 Å². The van der Waals surface area contributed by atoms with E-state index in [1.165, 1.54) is 6.33 Å². The predicted octanol–water partition coefficient (Wildman–Crippen LogP) is -1.14. The Kier molecular flexibility index (Phi) is 2.76. The molecule has 8 nitrogen and oxygen atoms in total. The molecule has 8 heteroatoms. The van der Waals surface area contributed by atoms with Crippen LogP contribution in [0, 0.1) is 11.8 Å². The van der Waals surface area contributed by atoms with Crippen LogP contribution in [0.25, 0.3) is 11.2 Å².